The monoisotopic (exact) mass is 474 g/mol. The van der Waals surface area contributed by atoms with E-state index in [-0.39, 0.29) is 0 Å². The Labute approximate surface area is 182 Å². The lowest BCUT2D eigenvalue weighted by Crippen LogP contribution is -2.20. The van der Waals surface area contributed by atoms with Gasteiger partial charge in [-0.2, -0.15) is 0 Å². The van der Waals surface area contributed by atoms with Crippen LogP contribution in [-0.2, 0) is 4.74 Å². The number of thiophene rings is 1. The van der Waals surface area contributed by atoms with Gasteiger partial charge in [-0.15, -0.1) is 11.3 Å². The fourth-order valence-corrected chi connectivity index (χ4v) is 4.80. The van der Waals surface area contributed by atoms with Crippen molar-refractivity contribution in [2.45, 2.75) is 13.8 Å². The number of carbonyl (C=O) groups is 1. The van der Waals surface area contributed by atoms with E-state index in [1.165, 1.54) is 18.4 Å². The molecule has 0 saturated heterocycles. The standard InChI is InChI=1S/C21H19BrN2O2S2/c1-12-9-10-16(15(22)11-12)23-21(27)24-19-18(20(25)26-3)17(13(2)28-19)14-7-5-4-6-8-14/h4-11H,1-3H3,(H2,23,24,27). The van der Waals surface area contributed by atoms with Crippen LogP contribution in [0.25, 0.3) is 11.1 Å². The van der Waals surface area contributed by atoms with Gasteiger partial charge < -0.3 is 15.4 Å². The van der Waals surface area contributed by atoms with E-state index in [2.05, 4.69) is 26.6 Å². The molecule has 0 radical (unpaired) electrons. The van der Waals surface area contributed by atoms with Crippen molar-refractivity contribution < 1.29 is 9.53 Å². The number of nitrogens with one attached hydrogen (secondary N) is 2. The summed E-state index contributed by atoms with van der Waals surface area (Å²) >= 11 is 10.5. The molecule has 0 spiro atoms. The van der Waals surface area contributed by atoms with Crippen LogP contribution in [0.3, 0.4) is 0 Å². The first kappa shape index (κ1) is 20.5. The van der Waals surface area contributed by atoms with Crippen LogP contribution in [0.2, 0.25) is 0 Å². The molecule has 0 saturated carbocycles. The number of rotatable bonds is 4. The zero-order chi connectivity index (χ0) is 20.3. The SMILES string of the molecule is COC(=O)c1c(NC(=S)Nc2ccc(C)cc2Br)sc(C)c1-c1ccccc1. The van der Waals surface area contributed by atoms with E-state index in [1.807, 2.05) is 62.4 Å². The number of thiocarbonyl (C=S) groups is 1. The Hall–Kier alpha value is -2.22. The van der Waals surface area contributed by atoms with Crippen molar-refractivity contribution >= 4 is 61.3 Å². The Morgan fingerprint density at radius 1 is 1.11 bits per heavy atom. The normalized spacial score (nSPS) is 10.4. The Morgan fingerprint density at radius 3 is 2.46 bits per heavy atom. The third kappa shape index (κ3) is 4.43. The van der Waals surface area contributed by atoms with Gasteiger partial charge in [-0.3, -0.25) is 0 Å². The number of anilines is 2. The van der Waals surface area contributed by atoms with E-state index in [9.17, 15) is 4.79 Å². The molecule has 0 fully saturated rings. The van der Waals surface area contributed by atoms with Gasteiger partial charge in [-0.1, -0.05) is 36.4 Å². The van der Waals surface area contributed by atoms with E-state index < -0.39 is 5.97 Å². The van der Waals surface area contributed by atoms with Crippen LogP contribution in [0, 0.1) is 13.8 Å². The van der Waals surface area contributed by atoms with Crippen molar-refractivity contribution in [1.29, 1.82) is 0 Å². The Bertz CT molecular complexity index is 1030. The van der Waals surface area contributed by atoms with Crippen molar-refractivity contribution in [2.24, 2.45) is 0 Å². The molecule has 0 bridgehead atoms. The fraction of sp³-hybridized carbons (Fsp3) is 0.143. The molecular formula is C21H19BrN2O2S2. The molecule has 4 nitrogen and oxygen atoms in total. The Balaban J connectivity index is 1.93. The van der Waals surface area contributed by atoms with Crippen molar-refractivity contribution in [2.75, 3.05) is 17.7 Å². The molecule has 1 aromatic heterocycles. The van der Waals surface area contributed by atoms with Crippen LogP contribution in [-0.4, -0.2) is 18.2 Å². The highest BCUT2D eigenvalue weighted by atomic mass is 79.9. The first-order valence-electron chi connectivity index (χ1n) is 8.52. The number of esters is 1. The maximum atomic E-state index is 12.5. The molecule has 3 aromatic rings. The highest BCUT2D eigenvalue weighted by Crippen LogP contribution is 2.40. The number of hydrogen-bond donors (Lipinski definition) is 2. The summed E-state index contributed by atoms with van der Waals surface area (Å²) < 4.78 is 5.96. The summed E-state index contributed by atoms with van der Waals surface area (Å²) in [5, 5.41) is 7.39. The number of methoxy groups -OCH3 is 1. The first-order chi connectivity index (χ1) is 13.4. The van der Waals surface area contributed by atoms with Gasteiger partial charge >= 0.3 is 5.97 Å². The van der Waals surface area contributed by atoms with Crippen molar-refractivity contribution in [3.63, 3.8) is 0 Å². The van der Waals surface area contributed by atoms with Gasteiger partial charge in [0.2, 0.25) is 0 Å². The van der Waals surface area contributed by atoms with E-state index in [0.29, 0.717) is 15.7 Å². The summed E-state index contributed by atoms with van der Waals surface area (Å²) in [5.74, 6) is -0.398. The largest absolute Gasteiger partial charge is 0.465 e. The van der Waals surface area contributed by atoms with Crippen molar-refractivity contribution in [3.05, 3.63) is 69.0 Å². The summed E-state index contributed by atoms with van der Waals surface area (Å²) in [6.45, 7) is 4.00. The summed E-state index contributed by atoms with van der Waals surface area (Å²) in [4.78, 5) is 13.6. The predicted octanol–water partition coefficient (Wildman–Crippen LogP) is 6.39. The molecule has 0 aliphatic rings. The maximum absolute atomic E-state index is 12.5. The number of aryl methyl sites for hydroxylation is 2. The Morgan fingerprint density at radius 2 is 1.82 bits per heavy atom. The highest BCUT2D eigenvalue weighted by molar-refractivity contribution is 9.10. The van der Waals surface area contributed by atoms with E-state index in [4.69, 9.17) is 17.0 Å². The molecule has 7 heteroatoms. The van der Waals surface area contributed by atoms with Crippen molar-refractivity contribution in [3.8, 4) is 11.1 Å². The molecule has 2 N–H and O–H groups in total. The zero-order valence-corrected chi connectivity index (χ0v) is 18.8. The topological polar surface area (TPSA) is 50.4 Å². The number of hydrogen-bond acceptors (Lipinski definition) is 4. The van der Waals surface area contributed by atoms with Gasteiger partial charge in [0.05, 0.1) is 12.8 Å². The number of ether oxygens (including phenoxy) is 1. The predicted molar refractivity (Wildman–Crippen MR) is 125 cm³/mol. The number of carbonyl (C=O) groups excluding carboxylic acids is 1. The average Bonchev–Trinajstić information content (AvgIpc) is 2.99. The second-order valence-corrected chi connectivity index (χ2v) is 8.64. The van der Waals surface area contributed by atoms with E-state index >= 15 is 0 Å². The minimum absolute atomic E-state index is 0.398. The van der Waals surface area contributed by atoms with Gasteiger partial charge in [0.25, 0.3) is 0 Å². The van der Waals surface area contributed by atoms with Gasteiger partial charge in [0.1, 0.15) is 10.6 Å². The van der Waals surface area contributed by atoms with Crippen molar-refractivity contribution in [1.82, 2.24) is 0 Å². The third-order valence-corrected chi connectivity index (χ3v) is 6.02. The molecule has 0 aliphatic heterocycles. The lowest BCUT2D eigenvalue weighted by molar-refractivity contribution is 0.0603. The molecule has 1 heterocycles. The fourth-order valence-electron chi connectivity index (χ4n) is 2.86. The second kappa shape index (κ2) is 8.86. The Kier molecular flexibility index (Phi) is 6.49. The highest BCUT2D eigenvalue weighted by Gasteiger charge is 2.24. The number of halogens is 1. The van der Waals surface area contributed by atoms with Crippen LogP contribution in [0.5, 0.6) is 0 Å². The van der Waals surface area contributed by atoms with Gasteiger partial charge in [-0.25, -0.2) is 4.79 Å². The zero-order valence-electron chi connectivity index (χ0n) is 15.6. The molecular weight excluding hydrogens is 456 g/mol. The van der Waals surface area contributed by atoms with Gasteiger partial charge in [0, 0.05) is 14.9 Å². The van der Waals surface area contributed by atoms with Crippen LogP contribution in [0.4, 0.5) is 10.7 Å². The second-order valence-electron chi connectivity index (χ2n) is 6.16. The minimum Gasteiger partial charge on any atom is -0.465 e. The van der Waals surface area contributed by atoms with E-state index in [1.54, 1.807) is 0 Å². The third-order valence-electron chi connectivity index (χ3n) is 4.14. The molecule has 28 heavy (non-hydrogen) atoms. The molecule has 2 aromatic carbocycles. The van der Waals surface area contributed by atoms with Gasteiger partial charge in [0.15, 0.2) is 5.11 Å². The molecule has 0 aliphatic carbocycles. The maximum Gasteiger partial charge on any atom is 0.341 e. The van der Waals surface area contributed by atoms with Crippen LogP contribution in [0.1, 0.15) is 20.8 Å². The lowest BCUT2D eigenvalue weighted by Gasteiger charge is -2.13. The summed E-state index contributed by atoms with van der Waals surface area (Å²) in [6.07, 6.45) is 0. The summed E-state index contributed by atoms with van der Waals surface area (Å²) in [7, 11) is 1.38. The van der Waals surface area contributed by atoms with Crippen LogP contribution in [0.15, 0.2) is 53.0 Å². The van der Waals surface area contributed by atoms with E-state index in [0.717, 1.165) is 31.7 Å². The number of benzene rings is 2. The van der Waals surface area contributed by atoms with Crippen LogP contribution < -0.4 is 10.6 Å². The minimum atomic E-state index is -0.398. The molecule has 144 valence electrons. The summed E-state index contributed by atoms with van der Waals surface area (Å²) in [5.41, 5.74) is 4.30. The van der Waals surface area contributed by atoms with Crippen LogP contribution >= 0.6 is 39.5 Å². The van der Waals surface area contributed by atoms with Gasteiger partial charge in [-0.05, 0) is 65.3 Å². The lowest BCUT2D eigenvalue weighted by atomic mass is 10.0. The molecule has 0 amide bonds. The summed E-state index contributed by atoms with van der Waals surface area (Å²) in [6, 6.07) is 15.7. The molecule has 0 atom stereocenters. The first-order valence-corrected chi connectivity index (χ1v) is 10.5. The molecule has 3 rings (SSSR count). The smallest absolute Gasteiger partial charge is 0.341 e. The molecule has 0 unspecified atom stereocenters. The quantitative estimate of drug-likeness (QED) is 0.338. The average molecular weight is 475 g/mol.